The summed E-state index contributed by atoms with van der Waals surface area (Å²) in [7, 11) is 0. The normalized spacial score (nSPS) is 17.9. The van der Waals surface area contributed by atoms with Crippen molar-refractivity contribution in [2.75, 3.05) is 13.3 Å². The minimum atomic E-state index is -0.112. The molecule has 0 spiro atoms. The first kappa shape index (κ1) is 23.9. The third-order valence-corrected chi connectivity index (χ3v) is 7.95. The average molecular weight is 474 g/mol. The van der Waals surface area contributed by atoms with Crippen LogP contribution in [-0.4, -0.2) is 27.8 Å². The Morgan fingerprint density at radius 2 is 1.80 bits per heavy atom. The van der Waals surface area contributed by atoms with E-state index >= 15 is 0 Å². The summed E-state index contributed by atoms with van der Waals surface area (Å²) in [5.74, 6) is 2.31. The number of imidazole rings is 1. The molecule has 1 aromatic heterocycles. The molecule has 5 nitrogen and oxygen atoms in total. The molecule has 2 aromatic carbocycles. The summed E-state index contributed by atoms with van der Waals surface area (Å²) in [5.41, 5.74) is 2.63. The van der Waals surface area contributed by atoms with Gasteiger partial charge in [0.15, 0.2) is 11.5 Å². The van der Waals surface area contributed by atoms with E-state index in [0.717, 1.165) is 31.1 Å². The van der Waals surface area contributed by atoms with Crippen molar-refractivity contribution in [3.8, 4) is 11.5 Å². The summed E-state index contributed by atoms with van der Waals surface area (Å²) in [5, 5.41) is 0. The maximum atomic E-state index is 5.79. The number of fused-ring (bicyclic) bond motifs is 1. The molecule has 0 saturated heterocycles. The number of ether oxygens (including phenoxy) is 2. The third kappa shape index (κ3) is 5.25. The monoisotopic (exact) mass is 473 g/mol. The van der Waals surface area contributed by atoms with Gasteiger partial charge in [-0.15, -0.1) is 0 Å². The topological polar surface area (TPSA) is 39.5 Å². The first-order valence-electron chi connectivity index (χ1n) is 13.4. The van der Waals surface area contributed by atoms with Gasteiger partial charge in [0, 0.05) is 18.9 Å². The Kier molecular flexibility index (Phi) is 7.72. The smallest absolute Gasteiger partial charge is 0.231 e. The summed E-state index contributed by atoms with van der Waals surface area (Å²) < 4.78 is 13.7. The lowest BCUT2D eigenvalue weighted by atomic mass is 9.69. The Morgan fingerprint density at radius 1 is 1.00 bits per heavy atom. The van der Waals surface area contributed by atoms with Crippen LogP contribution in [0, 0.1) is 5.92 Å². The van der Waals surface area contributed by atoms with Crippen LogP contribution in [0.4, 0.5) is 0 Å². The second-order valence-electron chi connectivity index (χ2n) is 10.2. The van der Waals surface area contributed by atoms with E-state index in [1.807, 2.05) is 12.5 Å². The second kappa shape index (κ2) is 11.3. The van der Waals surface area contributed by atoms with Gasteiger partial charge in [-0.05, 0) is 54.9 Å². The van der Waals surface area contributed by atoms with Gasteiger partial charge in [-0.25, -0.2) is 4.98 Å². The largest absolute Gasteiger partial charge is 0.454 e. The molecule has 5 rings (SSSR count). The molecule has 1 unspecified atom stereocenters. The van der Waals surface area contributed by atoms with Gasteiger partial charge in [-0.1, -0.05) is 75.4 Å². The molecule has 1 aliphatic carbocycles. The Bertz CT molecular complexity index is 1040. The van der Waals surface area contributed by atoms with Crippen LogP contribution in [0.5, 0.6) is 11.5 Å². The number of rotatable bonds is 10. The lowest BCUT2D eigenvalue weighted by Crippen LogP contribution is -2.53. The van der Waals surface area contributed by atoms with Crippen LogP contribution in [0.1, 0.15) is 69.4 Å². The molecule has 5 heteroatoms. The van der Waals surface area contributed by atoms with Crippen LogP contribution < -0.4 is 9.47 Å². The average Bonchev–Trinajstić information content (AvgIpc) is 3.51. The van der Waals surface area contributed by atoms with E-state index in [2.05, 4.69) is 76.1 Å². The number of nitrogens with zero attached hydrogens (tertiary/aromatic N) is 3. The second-order valence-corrected chi connectivity index (χ2v) is 10.2. The maximum absolute atomic E-state index is 5.79. The van der Waals surface area contributed by atoms with E-state index in [9.17, 15) is 0 Å². The van der Waals surface area contributed by atoms with E-state index in [-0.39, 0.29) is 5.54 Å². The highest BCUT2D eigenvalue weighted by molar-refractivity contribution is 5.45. The van der Waals surface area contributed by atoms with Gasteiger partial charge in [0.05, 0.1) is 18.5 Å². The predicted molar refractivity (Wildman–Crippen MR) is 139 cm³/mol. The van der Waals surface area contributed by atoms with Crippen molar-refractivity contribution < 1.29 is 9.47 Å². The van der Waals surface area contributed by atoms with Gasteiger partial charge < -0.3 is 14.0 Å². The van der Waals surface area contributed by atoms with Crippen LogP contribution in [0.2, 0.25) is 0 Å². The fourth-order valence-electron chi connectivity index (χ4n) is 6.19. The highest BCUT2D eigenvalue weighted by Crippen LogP contribution is 2.47. The lowest BCUT2D eigenvalue weighted by Gasteiger charge is -2.50. The molecule has 35 heavy (non-hydrogen) atoms. The number of benzene rings is 2. The van der Waals surface area contributed by atoms with Crippen molar-refractivity contribution in [3.05, 3.63) is 78.4 Å². The molecule has 0 bridgehead atoms. The highest BCUT2D eigenvalue weighted by Gasteiger charge is 2.45. The molecular formula is C30H39N3O2. The number of aromatic nitrogens is 2. The summed E-state index contributed by atoms with van der Waals surface area (Å²) in [6.07, 6.45) is 17.1. The van der Waals surface area contributed by atoms with Crippen LogP contribution in [-0.2, 0) is 18.6 Å². The van der Waals surface area contributed by atoms with Gasteiger partial charge in [-0.2, -0.15) is 0 Å². The van der Waals surface area contributed by atoms with E-state index in [4.69, 9.17) is 9.47 Å². The SMILES string of the molecule is CCCCN(Cn1ccnc1)C(Cc1ccc2c(c1)OCO2)(c1ccccc1)C1CCCCCC1. The van der Waals surface area contributed by atoms with Crippen molar-refractivity contribution in [2.24, 2.45) is 5.92 Å². The Morgan fingerprint density at radius 3 is 2.54 bits per heavy atom. The fourth-order valence-corrected chi connectivity index (χ4v) is 6.19. The van der Waals surface area contributed by atoms with Gasteiger partial charge >= 0.3 is 0 Å². The third-order valence-electron chi connectivity index (χ3n) is 7.95. The van der Waals surface area contributed by atoms with Crippen molar-refractivity contribution in [1.29, 1.82) is 0 Å². The van der Waals surface area contributed by atoms with Crippen molar-refractivity contribution >= 4 is 0 Å². The quantitative estimate of drug-likeness (QED) is 0.304. The molecule has 2 heterocycles. The maximum Gasteiger partial charge on any atom is 0.231 e. The van der Waals surface area contributed by atoms with Crippen molar-refractivity contribution in [1.82, 2.24) is 14.5 Å². The number of hydrogen-bond donors (Lipinski definition) is 0. The van der Waals surface area contributed by atoms with Gasteiger partial charge in [0.25, 0.3) is 0 Å². The van der Waals surface area contributed by atoms with Crippen LogP contribution in [0.25, 0.3) is 0 Å². The van der Waals surface area contributed by atoms with E-state index in [1.165, 1.54) is 62.5 Å². The number of unbranched alkanes of at least 4 members (excludes halogenated alkanes) is 1. The molecule has 0 N–H and O–H groups in total. The minimum Gasteiger partial charge on any atom is -0.454 e. The molecule has 0 radical (unpaired) electrons. The Labute approximate surface area is 210 Å². The predicted octanol–water partition coefficient (Wildman–Crippen LogP) is 6.78. The molecule has 1 aliphatic heterocycles. The van der Waals surface area contributed by atoms with Crippen LogP contribution in [0.15, 0.2) is 67.3 Å². The summed E-state index contributed by atoms with van der Waals surface area (Å²) in [6, 6.07) is 17.9. The summed E-state index contributed by atoms with van der Waals surface area (Å²) in [4.78, 5) is 7.14. The van der Waals surface area contributed by atoms with Gasteiger partial charge in [0.2, 0.25) is 6.79 Å². The standard InChI is InChI=1S/C30H39N3O2/c1-2-3-18-33(23-32-19-17-31-22-32)30(27-13-9-6-10-14-27,26-11-7-4-5-8-12-26)21-25-15-16-28-29(20-25)35-24-34-28/h6,9-10,13-17,19-20,22,26H,2-5,7-8,11-12,18,21,23-24H2,1H3. The first-order chi connectivity index (χ1) is 17.3. The van der Waals surface area contributed by atoms with Gasteiger partial charge in [-0.3, -0.25) is 4.90 Å². The molecule has 1 atom stereocenters. The van der Waals surface area contributed by atoms with Crippen molar-refractivity contribution in [2.45, 2.75) is 76.9 Å². The van der Waals surface area contributed by atoms with Crippen LogP contribution in [0.3, 0.4) is 0 Å². The molecular weight excluding hydrogens is 434 g/mol. The Hall–Kier alpha value is -2.79. The molecule has 1 saturated carbocycles. The first-order valence-corrected chi connectivity index (χ1v) is 13.4. The van der Waals surface area contributed by atoms with Gasteiger partial charge in [0.1, 0.15) is 0 Å². The molecule has 1 fully saturated rings. The molecule has 186 valence electrons. The highest BCUT2D eigenvalue weighted by atomic mass is 16.7. The van der Waals surface area contributed by atoms with Crippen molar-refractivity contribution in [3.63, 3.8) is 0 Å². The minimum absolute atomic E-state index is 0.112. The lowest BCUT2D eigenvalue weighted by molar-refractivity contribution is -0.00735. The van der Waals surface area contributed by atoms with E-state index < -0.39 is 0 Å². The van der Waals surface area contributed by atoms with Crippen LogP contribution >= 0.6 is 0 Å². The fraction of sp³-hybridized carbons (Fsp3) is 0.500. The zero-order chi connectivity index (χ0) is 23.9. The number of hydrogen-bond acceptors (Lipinski definition) is 4. The zero-order valence-electron chi connectivity index (χ0n) is 21.1. The summed E-state index contributed by atoms with van der Waals surface area (Å²) in [6.45, 7) is 4.51. The van der Waals surface area contributed by atoms with E-state index in [1.54, 1.807) is 0 Å². The Balaban J connectivity index is 1.64. The molecule has 2 aliphatic rings. The zero-order valence-corrected chi connectivity index (χ0v) is 21.1. The molecule has 0 amide bonds. The van der Waals surface area contributed by atoms with E-state index in [0.29, 0.717) is 12.7 Å². The summed E-state index contributed by atoms with van der Waals surface area (Å²) >= 11 is 0. The molecule has 3 aromatic rings.